The normalized spacial score (nSPS) is 10.3. The molecule has 6 nitrogen and oxygen atoms in total. The van der Waals surface area contributed by atoms with Gasteiger partial charge < -0.3 is 10.1 Å². The number of anilines is 1. The molecule has 0 aliphatic carbocycles. The van der Waals surface area contributed by atoms with Crippen molar-refractivity contribution in [3.63, 3.8) is 0 Å². The first-order valence-electron chi connectivity index (χ1n) is 8.24. The van der Waals surface area contributed by atoms with Crippen LogP contribution in [-0.2, 0) is 16.0 Å². The highest BCUT2D eigenvalue weighted by atomic mass is 32.1. The third-order valence-electron chi connectivity index (χ3n) is 3.82. The van der Waals surface area contributed by atoms with Gasteiger partial charge in [0.25, 0.3) is 5.91 Å². The van der Waals surface area contributed by atoms with Gasteiger partial charge in [0, 0.05) is 10.6 Å². The number of esters is 1. The van der Waals surface area contributed by atoms with Crippen LogP contribution in [0, 0.1) is 20.8 Å². The Hall–Kier alpha value is -2.67. The van der Waals surface area contributed by atoms with E-state index >= 15 is 0 Å². The van der Waals surface area contributed by atoms with Gasteiger partial charge in [-0.15, -0.1) is 11.3 Å². The van der Waals surface area contributed by atoms with Crippen molar-refractivity contribution in [2.75, 3.05) is 11.9 Å². The zero-order chi connectivity index (χ0) is 19.3. The number of hydrogen-bond donors (Lipinski definition) is 2. The molecule has 1 aromatic carbocycles. The molecule has 7 heteroatoms. The second-order valence-electron chi connectivity index (χ2n) is 5.94. The van der Waals surface area contributed by atoms with Crippen LogP contribution in [0.1, 0.15) is 38.2 Å². The minimum absolute atomic E-state index is 0.451. The molecule has 0 aliphatic rings. The molecule has 0 fully saturated rings. The first-order chi connectivity index (χ1) is 12.3. The molecule has 0 unspecified atom stereocenters. The molecule has 3 amide bonds. The van der Waals surface area contributed by atoms with E-state index in [0.29, 0.717) is 10.6 Å². The molecule has 1 aromatic heterocycles. The van der Waals surface area contributed by atoms with Crippen LogP contribution >= 0.6 is 11.3 Å². The fourth-order valence-corrected chi connectivity index (χ4v) is 3.45. The molecule has 0 saturated heterocycles. The number of urea groups is 1. The van der Waals surface area contributed by atoms with Crippen molar-refractivity contribution < 1.29 is 19.1 Å². The Kier molecular flexibility index (Phi) is 6.52. The van der Waals surface area contributed by atoms with Crippen molar-refractivity contribution in [2.45, 2.75) is 34.1 Å². The molecular formula is C19H22N2O4S. The predicted molar refractivity (Wildman–Crippen MR) is 102 cm³/mol. The van der Waals surface area contributed by atoms with Gasteiger partial charge in [0.2, 0.25) is 0 Å². The van der Waals surface area contributed by atoms with Crippen LogP contribution in [0.25, 0.3) is 0 Å². The summed E-state index contributed by atoms with van der Waals surface area (Å²) in [5, 5.41) is 4.74. The number of rotatable bonds is 5. The molecule has 2 aromatic rings. The number of benzene rings is 1. The van der Waals surface area contributed by atoms with Gasteiger partial charge in [0.05, 0.1) is 0 Å². The maximum absolute atomic E-state index is 12.0. The number of ether oxygens (including phenoxy) is 1. The van der Waals surface area contributed by atoms with Gasteiger partial charge in [-0.05, 0) is 50.5 Å². The Morgan fingerprint density at radius 3 is 2.46 bits per heavy atom. The van der Waals surface area contributed by atoms with Crippen LogP contribution in [0.3, 0.4) is 0 Å². The Bertz CT molecular complexity index is 842. The van der Waals surface area contributed by atoms with E-state index in [-0.39, 0.29) is 0 Å². The van der Waals surface area contributed by atoms with Gasteiger partial charge in [-0.25, -0.2) is 9.59 Å². The van der Waals surface area contributed by atoms with Gasteiger partial charge in [0.1, 0.15) is 4.88 Å². The number of aryl methyl sites for hydroxylation is 4. The summed E-state index contributed by atoms with van der Waals surface area (Å²) in [4.78, 5) is 37.2. The van der Waals surface area contributed by atoms with Crippen LogP contribution in [-0.4, -0.2) is 24.5 Å². The lowest BCUT2D eigenvalue weighted by Gasteiger charge is -2.10. The summed E-state index contributed by atoms with van der Waals surface area (Å²) in [5.74, 6) is -1.26. The molecule has 0 spiro atoms. The lowest BCUT2D eigenvalue weighted by atomic mass is 10.1. The SMILES string of the molecule is CCc1cc(C(=O)OCC(=O)NC(=O)Nc2ccc(C)cc2C)sc1C. The average molecular weight is 374 g/mol. The molecule has 1 heterocycles. The summed E-state index contributed by atoms with van der Waals surface area (Å²) in [6.45, 7) is 7.24. The summed E-state index contributed by atoms with van der Waals surface area (Å²) >= 11 is 1.33. The summed E-state index contributed by atoms with van der Waals surface area (Å²) in [5.41, 5.74) is 3.66. The van der Waals surface area contributed by atoms with Crippen LogP contribution in [0.5, 0.6) is 0 Å². The number of carbonyl (C=O) groups excluding carboxylic acids is 3. The molecule has 0 atom stereocenters. The van der Waals surface area contributed by atoms with Crippen molar-refractivity contribution in [2.24, 2.45) is 0 Å². The third-order valence-corrected chi connectivity index (χ3v) is 4.89. The summed E-state index contributed by atoms with van der Waals surface area (Å²) in [7, 11) is 0. The molecule has 0 bridgehead atoms. The largest absolute Gasteiger partial charge is 0.451 e. The second-order valence-corrected chi connectivity index (χ2v) is 7.20. The monoisotopic (exact) mass is 374 g/mol. The highest BCUT2D eigenvalue weighted by Crippen LogP contribution is 2.22. The molecule has 0 aliphatic heterocycles. The topological polar surface area (TPSA) is 84.5 Å². The quantitative estimate of drug-likeness (QED) is 0.781. The van der Waals surface area contributed by atoms with Gasteiger partial charge in [-0.3, -0.25) is 10.1 Å². The van der Waals surface area contributed by atoms with Crippen LogP contribution in [0.4, 0.5) is 10.5 Å². The van der Waals surface area contributed by atoms with E-state index in [2.05, 4.69) is 10.6 Å². The molecule has 2 rings (SSSR count). The molecule has 2 N–H and O–H groups in total. The average Bonchev–Trinajstić information content (AvgIpc) is 2.96. The number of thiophene rings is 1. The first kappa shape index (κ1) is 19.7. The fraction of sp³-hybridized carbons (Fsp3) is 0.316. The lowest BCUT2D eigenvalue weighted by Crippen LogP contribution is -2.37. The Balaban J connectivity index is 1.84. The molecule has 0 saturated carbocycles. The van der Waals surface area contributed by atoms with Gasteiger partial charge in [-0.2, -0.15) is 0 Å². The third kappa shape index (κ3) is 5.16. The van der Waals surface area contributed by atoms with Gasteiger partial charge in [-0.1, -0.05) is 24.6 Å². The molecule has 138 valence electrons. The standard InChI is InChI=1S/C19H22N2O4S/c1-5-14-9-16(26-13(14)4)18(23)25-10-17(22)21-19(24)20-15-7-6-11(2)8-12(15)3/h6-9H,5,10H2,1-4H3,(H2,20,21,22,24). The van der Waals surface area contributed by atoms with Crippen molar-refractivity contribution >= 4 is 34.9 Å². The van der Waals surface area contributed by atoms with Crippen LogP contribution in [0.15, 0.2) is 24.3 Å². The van der Waals surface area contributed by atoms with E-state index in [1.54, 1.807) is 12.1 Å². The molecule has 0 radical (unpaired) electrons. The highest BCUT2D eigenvalue weighted by molar-refractivity contribution is 7.14. The Morgan fingerprint density at radius 2 is 1.85 bits per heavy atom. The van der Waals surface area contributed by atoms with E-state index in [1.807, 2.05) is 39.8 Å². The number of imide groups is 1. The molecular weight excluding hydrogens is 352 g/mol. The summed E-state index contributed by atoms with van der Waals surface area (Å²) in [6, 6.07) is 6.65. The Labute approximate surface area is 156 Å². The van der Waals surface area contributed by atoms with Crippen LogP contribution in [0.2, 0.25) is 0 Å². The number of amides is 3. The zero-order valence-electron chi connectivity index (χ0n) is 15.3. The van der Waals surface area contributed by atoms with Gasteiger partial charge in [0.15, 0.2) is 6.61 Å². The summed E-state index contributed by atoms with van der Waals surface area (Å²) < 4.78 is 4.97. The van der Waals surface area contributed by atoms with Crippen molar-refractivity contribution in [1.82, 2.24) is 5.32 Å². The number of carbonyl (C=O) groups is 3. The van der Waals surface area contributed by atoms with E-state index in [1.165, 1.54) is 11.3 Å². The van der Waals surface area contributed by atoms with E-state index in [4.69, 9.17) is 4.74 Å². The minimum Gasteiger partial charge on any atom is -0.451 e. The Morgan fingerprint density at radius 1 is 1.12 bits per heavy atom. The minimum atomic E-state index is -0.690. The molecule has 26 heavy (non-hydrogen) atoms. The number of hydrogen-bond acceptors (Lipinski definition) is 5. The fourth-order valence-electron chi connectivity index (χ4n) is 2.44. The number of nitrogens with one attached hydrogen (secondary N) is 2. The maximum atomic E-state index is 12.0. The van der Waals surface area contributed by atoms with Gasteiger partial charge >= 0.3 is 12.0 Å². The van der Waals surface area contributed by atoms with E-state index in [0.717, 1.165) is 28.0 Å². The van der Waals surface area contributed by atoms with Crippen molar-refractivity contribution in [1.29, 1.82) is 0 Å². The van der Waals surface area contributed by atoms with E-state index in [9.17, 15) is 14.4 Å². The summed E-state index contributed by atoms with van der Waals surface area (Å²) in [6.07, 6.45) is 0.828. The van der Waals surface area contributed by atoms with E-state index < -0.39 is 24.5 Å². The smallest absolute Gasteiger partial charge is 0.348 e. The second kappa shape index (κ2) is 8.62. The first-order valence-corrected chi connectivity index (χ1v) is 9.06. The highest BCUT2D eigenvalue weighted by Gasteiger charge is 2.16. The predicted octanol–water partition coefficient (Wildman–Crippen LogP) is 3.74. The van der Waals surface area contributed by atoms with Crippen molar-refractivity contribution in [3.8, 4) is 0 Å². The zero-order valence-corrected chi connectivity index (χ0v) is 16.1. The van der Waals surface area contributed by atoms with Crippen molar-refractivity contribution in [3.05, 3.63) is 50.7 Å². The lowest BCUT2D eigenvalue weighted by molar-refractivity contribution is -0.123. The van der Waals surface area contributed by atoms with Crippen LogP contribution < -0.4 is 10.6 Å². The maximum Gasteiger partial charge on any atom is 0.348 e.